The molecule has 2 rings (SSSR count). The molecule has 0 saturated heterocycles. The van der Waals surface area contributed by atoms with Crippen LogP contribution in [0.1, 0.15) is 25.3 Å². The summed E-state index contributed by atoms with van der Waals surface area (Å²) in [5.74, 6) is 0.123. The molecule has 0 heterocycles. The van der Waals surface area contributed by atoms with Crippen LogP contribution in [0.3, 0.4) is 0 Å². The SMILES string of the molecule is C[C@@H](Oc1ccc(OC(=O)CCCc2ccccc2)cc1)C(N)=O. The first-order valence-electron chi connectivity index (χ1n) is 7.85. The average Bonchev–Trinajstić information content (AvgIpc) is 2.57. The molecule has 0 spiro atoms. The van der Waals surface area contributed by atoms with E-state index in [9.17, 15) is 9.59 Å². The minimum atomic E-state index is -0.712. The molecule has 1 atom stereocenters. The summed E-state index contributed by atoms with van der Waals surface area (Å²) in [6, 6.07) is 16.5. The van der Waals surface area contributed by atoms with Gasteiger partial charge in [-0.05, 0) is 49.6 Å². The van der Waals surface area contributed by atoms with Crippen LogP contribution < -0.4 is 15.2 Å². The second kappa shape index (κ2) is 8.72. The van der Waals surface area contributed by atoms with Gasteiger partial charge in [-0.2, -0.15) is 0 Å². The van der Waals surface area contributed by atoms with Crippen molar-refractivity contribution in [2.24, 2.45) is 5.73 Å². The Bertz CT molecular complexity index is 668. The van der Waals surface area contributed by atoms with Gasteiger partial charge in [-0.25, -0.2) is 0 Å². The van der Waals surface area contributed by atoms with Crippen LogP contribution in [0.5, 0.6) is 11.5 Å². The monoisotopic (exact) mass is 327 g/mol. The van der Waals surface area contributed by atoms with Gasteiger partial charge in [0.15, 0.2) is 6.10 Å². The predicted molar refractivity (Wildman–Crippen MR) is 90.7 cm³/mol. The summed E-state index contributed by atoms with van der Waals surface area (Å²) in [5, 5.41) is 0. The third kappa shape index (κ3) is 5.76. The van der Waals surface area contributed by atoms with E-state index in [1.165, 1.54) is 5.56 Å². The molecule has 5 nitrogen and oxygen atoms in total. The molecule has 2 aromatic rings. The third-order valence-corrected chi connectivity index (χ3v) is 3.46. The van der Waals surface area contributed by atoms with Gasteiger partial charge >= 0.3 is 5.97 Å². The second-order valence-corrected chi connectivity index (χ2v) is 5.45. The molecule has 24 heavy (non-hydrogen) atoms. The van der Waals surface area contributed by atoms with Crippen LogP contribution in [0.15, 0.2) is 54.6 Å². The second-order valence-electron chi connectivity index (χ2n) is 5.45. The number of carbonyl (C=O) groups excluding carboxylic acids is 2. The van der Waals surface area contributed by atoms with Gasteiger partial charge in [0.25, 0.3) is 5.91 Å². The Balaban J connectivity index is 1.76. The van der Waals surface area contributed by atoms with E-state index in [0.717, 1.165) is 12.8 Å². The summed E-state index contributed by atoms with van der Waals surface area (Å²) in [4.78, 5) is 22.8. The van der Waals surface area contributed by atoms with E-state index >= 15 is 0 Å². The summed E-state index contributed by atoms with van der Waals surface area (Å²) >= 11 is 0. The molecule has 0 fully saturated rings. The van der Waals surface area contributed by atoms with Gasteiger partial charge in [-0.3, -0.25) is 9.59 Å². The van der Waals surface area contributed by atoms with Gasteiger partial charge in [-0.1, -0.05) is 30.3 Å². The normalized spacial score (nSPS) is 11.5. The van der Waals surface area contributed by atoms with E-state index in [2.05, 4.69) is 0 Å². The minimum Gasteiger partial charge on any atom is -0.481 e. The lowest BCUT2D eigenvalue weighted by molar-refractivity contribution is -0.134. The number of carbonyl (C=O) groups is 2. The lowest BCUT2D eigenvalue weighted by Gasteiger charge is -2.11. The van der Waals surface area contributed by atoms with Crippen molar-refractivity contribution in [3.63, 3.8) is 0 Å². The standard InChI is InChI=1S/C19H21NO4/c1-14(19(20)22)23-16-10-12-17(13-11-16)24-18(21)9-5-8-15-6-3-2-4-7-15/h2-4,6-7,10-14H,5,8-9H2,1H3,(H2,20,22)/t14-/m1/s1. The first-order chi connectivity index (χ1) is 11.5. The van der Waals surface area contributed by atoms with Gasteiger partial charge < -0.3 is 15.2 Å². The number of primary amides is 1. The number of hydrogen-bond acceptors (Lipinski definition) is 4. The Kier molecular flexibility index (Phi) is 6.37. The van der Waals surface area contributed by atoms with Crippen LogP contribution in [0.4, 0.5) is 0 Å². The van der Waals surface area contributed by atoms with Crippen molar-refractivity contribution in [3.05, 3.63) is 60.2 Å². The van der Waals surface area contributed by atoms with Crippen molar-refractivity contribution in [3.8, 4) is 11.5 Å². The Hall–Kier alpha value is -2.82. The number of amides is 1. The van der Waals surface area contributed by atoms with Gasteiger partial charge in [-0.15, -0.1) is 0 Å². The molecule has 0 bridgehead atoms. The fourth-order valence-corrected chi connectivity index (χ4v) is 2.11. The van der Waals surface area contributed by atoms with Gasteiger partial charge in [0.05, 0.1) is 0 Å². The summed E-state index contributed by atoms with van der Waals surface area (Å²) in [5.41, 5.74) is 6.34. The first kappa shape index (κ1) is 17.5. The van der Waals surface area contributed by atoms with Crippen molar-refractivity contribution in [1.29, 1.82) is 0 Å². The molecule has 0 aromatic heterocycles. The van der Waals surface area contributed by atoms with Gasteiger partial charge in [0.2, 0.25) is 0 Å². The highest BCUT2D eigenvalue weighted by Crippen LogP contribution is 2.19. The van der Waals surface area contributed by atoms with Crippen LogP contribution in [-0.4, -0.2) is 18.0 Å². The minimum absolute atomic E-state index is 0.273. The van der Waals surface area contributed by atoms with E-state index < -0.39 is 12.0 Å². The predicted octanol–water partition coefficient (Wildman–Crippen LogP) is 2.87. The van der Waals surface area contributed by atoms with Crippen molar-refractivity contribution in [2.75, 3.05) is 0 Å². The Morgan fingerprint density at radius 3 is 2.25 bits per heavy atom. The number of nitrogens with two attached hydrogens (primary N) is 1. The van der Waals surface area contributed by atoms with Crippen LogP contribution in [0, 0.1) is 0 Å². The topological polar surface area (TPSA) is 78.6 Å². The molecule has 1 amide bonds. The molecule has 0 aliphatic rings. The third-order valence-electron chi connectivity index (χ3n) is 3.46. The number of aryl methyl sites for hydroxylation is 1. The highest BCUT2D eigenvalue weighted by Gasteiger charge is 2.10. The lowest BCUT2D eigenvalue weighted by Crippen LogP contribution is -2.30. The molecule has 0 aliphatic carbocycles. The lowest BCUT2D eigenvalue weighted by atomic mass is 10.1. The van der Waals surface area contributed by atoms with E-state index in [0.29, 0.717) is 17.9 Å². The maximum Gasteiger partial charge on any atom is 0.311 e. The molecular weight excluding hydrogens is 306 g/mol. The van der Waals surface area contributed by atoms with Gasteiger partial charge in [0.1, 0.15) is 11.5 Å². The van der Waals surface area contributed by atoms with Crippen molar-refractivity contribution in [1.82, 2.24) is 0 Å². The smallest absolute Gasteiger partial charge is 0.311 e. The van der Waals surface area contributed by atoms with Crippen molar-refractivity contribution in [2.45, 2.75) is 32.3 Å². The van der Waals surface area contributed by atoms with Crippen molar-refractivity contribution >= 4 is 11.9 Å². The highest BCUT2D eigenvalue weighted by molar-refractivity contribution is 5.78. The summed E-state index contributed by atoms with van der Waals surface area (Å²) in [6.07, 6.45) is 1.22. The largest absolute Gasteiger partial charge is 0.481 e. The van der Waals surface area contributed by atoms with Crippen LogP contribution in [0.2, 0.25) is 0 Å². The van der Waals surface area contributed by atoms with Crippen LogP contribution in [0.25, 0.3) is 0 Å². The zero-order valence-electron chi connectivity index (χ0n) is 13.6. The Labute approximate surface area is 141 Å². The van der Waals surface area contributed by atoms with E-state index in [-0.39, 0.29) is 5.97 Å². The van der Waals surface area contributed by atoms with Crippen molar-refractivity contribution < 1.29 is 19.1 Å². The number of rotatable bonds is 8. The zero-order chi connectivity index (χ0) is 17.4. The first-order valence-corrected chi connectivity index (χ1v) is 7.85. The zero-order valence-corrected chi connectivity index (χ0v) is 13.6. The van der Waals surface area contributed by atoms with E-state index in [1.807, 2.05) is 30.3 Å². The quantitative estimate of drug-likeness (QED) is 0.597. The molecule has 2 N–H and O–H groups in total. The van der Waals surface area contributed by atoms with Crippen LogP contribution >= 0.6 is 0 Å². The molecular formula is C19H21NO4. The fourth-order valence-electron chi connectivity index (χ4n) is 2.11. The number of benzene rings is 2. The van der Waals surface area contributed by atoms with Crippen LogP contribution in [-0.2, 0) is 16.0 Å². The molecule has 0 saturated carbocycles. The maximum absolute atomic E-state index is 11.8. The molecule has 0 radical (unpaired) electrons. The van der Waals surface area contributed by atoms with E-state index in [1.54, 1.807) is 31.2 Å². The highest BCUT2D eigenvalue weighted by atomic mass is 16.5. The number of ether oxygens (including phenoxy) is 2. The summed E-state index contributed by atoms with van der Waals surface area (Å²) in [7, 11) is 0. The summed E-state index contributed by atoms with van der Waals surface area (Å²) in [6.45, 7) is 1.57. The van der Waals surface area contributed by atoms with Gasteiger partial charge in [0, 0.05) is 6.42 Å². The summed E-state index contributed by atoms with van der Waals surface area (Å²) < 4.78 is 10.6. The molecule has 0 unspecified atom stereocenters. The Morgan fingerprint density at radius 1 is 1.00 bits per heavy atom. The van der Waals surface area contributed by atoms with E-state index in [4.69, 9.17) is 15.2 Å². The molecule has 5 heteroatoms. The average molecular weight is 327 g/mol. The number of hydrogen-bond donors (Lipinski definition) is 1. The number of esters is 1. The molecule has 0 aliphatic heterocycles. The molecule has 126 valence electrons. The Morgan fingerprint density at radius 2 is 1.62 bits per heavy atom. The maximum atomic E-state index is 11.8. The fraction of sp³-hybridized carbons (Fsp3) is 0.263. The molecule has 2 aromatic carbocycles.